The number of carbonyl (C=O) groups is 3. The van der Waals surface area contributed by atoms with Crippen molar-refractivity contribution in [2.45, 2.75) is 32.9 Å². The minimum Gasteiger partial charge on any atom is -0.293 e. The van der Waals surface area contributed by atoms with Crippen LogP contribution in [0.15, 0.2) is 48.7 Å². The fourth-order valence-electron chi connectivity index (χ4n) is 5.34. The van der Waals surface area contributed by atoms with Crippen molar-refractivity contribution >= 4 is 29.4 Å². The maximum absolute atomic E-state index is 13.6. The second-order valence-electron chi connectivity index (χ2n) is 8.36. The highest BCUT2D eigenvalue weighted by Gasteiger charge is 2.67. The largest absolute Gasteiger partial charge is 0.293 e. The average molecular weight is 387 g/mol. The van der Waals surface area contributed by atoms with Gasteiger partial charge in [-0.2, -0.15) is 0 Å². The Hall–Kier alpha value is -3.05. The zero-order valence-corrected chi connectivity index (χ0v) is 16.7. The summed E-state index contributed by atoms with van der Waals surface area (Å²) in [5, 5.41) is 0. The summed E-state index contributed by atoms with van der Waals surface area (Å²) in [6, 6.07) is 12.8. The number of nitrogens with one attached hydrogen (secondary N) is 1. The lowest BCUT2D eigenvalue weighted by Crippen LogP contribution is -3.12. The lowest BCUT2D eigenvalue weighted by Gasteiger charge is -2.30. The van der Waals surface area contributed by atoms with Crippen molar-refractivity contribution in [2.24, 2.45) is 11.8 Å². The summed E-state index contributed by atoms with van der Waals surface area (Å²) in [6.45, 7) is 5.50. The topological polar surface area (TPSA) is 58.9 Å². The van der Waals surface area contributed by atoms with E-state index in [-0.39, 0.29) is 23.6 Å². The minimum atomic E-state index is -0.627. The predicted molar refractivity (Wildman–Crippen MR) is 109 cm³/mol. The molecule has 3 aliphatic rings. The molecule has 0 radical (unpaired) electrons. The van der Waals surface area contributed by atoms with E-state index in [1.54, 1.807) is 0 Å². The van der Waals surface area contributed by atoms with Gasteiger partial charge in [0.25, 0.3) is 0 Å². The number of hydrogen-bond donors (Lipinski definition) is 1. The Kier molecular flexibility index (Phi) is 3.87. The number of Topliss-reactive ketones (excluding diaryl/α,β-unsaturated/α-hetero) is 1. The van der Waals surface area contributed by atoms with Gasteiger partial charge in [0.15, 0.2) is 11.8 Å². The van der Waals surface area contributed by atoms with Crippen LogP contribution in [0.25, 0.3) is 6.08 Å². The first-order chi connectivity index (χ1) is 13.9. The predicted octanol–water partition coefficient (Wildman–Crippen LogP) is 1.99. The van der Waals surface area contributed by atoms with Gasteiger partial charge in [-0.1, -0.05) is 30.3 Å². The van der Waals surface area contributed by atoms with Gasteiger partial charge in [-0.05, 0) is 48.7 Å². The Balaban J connectivity index is 1.65. The fraction of sp³-hybridized carbons (Fsp3) is 0.292. The van der Waals surface area contributed by atoms with Crippen LogP contribution in [0.1, 0.15) is 35.2 Å². The number of quaternary nitrogens is 1. The standard InChI is InChI=1S/C24H22N2O3/c1-13-8-9-17(12-14(13)2)26-23(28)19-20(24(26)29)22-18-7-5-4-6-16(18)10-11-25(22)21(19)15(3)27/h4-12,19-22H,1-3H3/p+1/t19-,20+,21-,22-/m0/s1. The highest BCUT2D eigenvalue weighted by molar-refractivity contribution is 6.23. The first-order valence-electron chi connectivity index (χ1n) is 9.99. The van der Waals surface area contributed by atoms with E-state index in [0.717, 1.165) is 27.2 Å². The van der Waals surface area contributed by atoms with Gasteiger partial charge in [0, 0.05) is 12.5 Å². The van der Waals surface area contributed by atoms with Crippen LogP contribution in [-0.4, -0.2) is 23.6 Å². The van der Waals surface area contributed by atoms with Crippen molar-refractivity contribution < 1.29 is 19.3 Å². The molecule has 2 fully saturated rings. The normalized spacial score (nSPS) is 29.6. The van der Waals surface area contributed by atoms with E-state index in [4.69, 9.17) is 0 Å². The van der Waals surface area contributed by atoms with Gasteiger partial charge < -0.3 is 0 Å². The molecule has 5 rings (SSSR count). The number of hydrogen-bond acceptors (Lipinski definition) is 3. The number of carbonyl (C=O) groups excluding carboxylic acids is 3. The molecule has 5 heteroatoms. The zero-order chi connectivity index (χ0) is 20.4. The number of benzene rings is 2. The monoisotopic (exact) mass is 387 g/mol. The smallest absolute Gasteiger partial charge is 0.244 e. The van der Waals surface area contributed by atoms with Gasteiger partial charge in [-0.3, -0.25) is 19.3 Å². The molecule has 3 aliphatic heterocycles. The fourth-order valence-corrected chi connectivity index (χ4v) is 5.34. The molecule has 0 bridgehead atoms. The summed E-state index contributed by atoms with van der Waals surface area (Å²) in [5.74, 6) is -1.66. The molecule has 2 amide bonds. The Morgan fingerprint density at radius 3 is 2.41 bits per heavy atom. The van der Waals surface area contributed by atoms with Crippen LogP contribution in [0.5, 0.6) is 0 Å². The molecule has 1 N–H and O–H groups in total. The molecule has 2 aromatic rings. The third kappa shape index (κ3) is 2.40. The van der Waals surface area contributed by atoms with E-state index in [1.807, 2.05) is 68.6 Å². The van der Waals surface area contributed by atoms with Gasteiger partial charge >= 0.3 is 0 Å². The maximum Gasteiger partial charge on any atom is 0.244 e. The third-order valence-electron chi connectivity index (χ3n) is 6.81. The number of rotatable bonds is 2. The first-order valence-corrected chi connectivity index (χ1v) is 9.99. The highest BCUT2D eigenvalue weighted by Crippen LogP contribution is 2.44. The van der Waals surface area contributed by atoms with E-state index >= 15 is 0 Å². The van der Waals surface area contributed by atoms with Gasteiger partial charge in [-0.15, -0.1) is 0 Å². The molecule has 0 saturated carbocycles. The van der Waals surface area contributed by atoms with E-state index in [1.165, 1.54) is 11.8 Å². The maximum atomic E-state index is 13.6. The first kappa shape index (κ1) is 18.0. The van der Waals surface area contributed by atoms with Crippen LogP contribution in [0, 0.1) is 25.7 Å². The molecule has 0 aliphatic carbocycles. The zero-order valence-electron chi connectivity index (χ0n) is 16.7. The molecule has 0 aromatic heterocycles. The van der Waals surface area contributed by atoms with Crippen LogP contribution in [-0.2, 0) is 14.4 Å². The molecule has 146 valence electrons. The summed E-state index contributed by atoms with van der Waals surface area (Å²) in [4.78, 5) is 41.9. The lowest BCUT2D eigenvalue weighted by atomic mass is 9.84. The second kappa shape index (κ2) is 6.22. The number of anilines is 1. The summed E-state index contributed by atoms with van der Waals surface area (Å²) in [5.41, 5.74) is 4.82. The summed E-state index contributed by atoms with van der Waals surface area (Å²) < 4.78 is 0. The minimum absolute atomic E-state index is 0.0513. The molecule has 5 nitrogen and oxygen atoms in total. The summed E-state index contributed by atoms with van der Waals surface area (Å²) in [7, 11) is 0. The summed E-state index contributed by atoms with van der Waals surface area (Å²) in [6.07, 6.45) is 3.95. The Bertz CT molecular complexity index is 1100. The highest BCUT2D eigenvalue weighted by atomic mass is 16.2. The number of nitrogens with zero attached hydrogens (tertiary/aromatic N) is 1. The van der Waals surface area contributed by atoms with Crippen molar-refractivity contribution in [3.05, 3.63) is 70.9 Å². The van der Waals surface area contributed by atoms with Gasteiger partial charge in [-0.25, -0.2) is 4.90 Å². The average Bonchev–Trinajstić information content (AvgIpc) is 3.17. The van der Waals surface area contributed by atoms with Crippen molar-refractivity contribution in [3.63, 3.8) is 0 Å². The van der Waals surface area contributed by atoms with Gasteiger partial charge in [0.1, 0.15) is 17.9 Å². The Morgan fingerprint density at radius 1 is 0.966 bits per heavy atom. The molecule has 2 saturated heterocycles. The second-order valence-corrected chi connectivity index (χ2v) is 8.36. The quantitative estimate of drug-likeness (QED) is 0.802. The molecule has 3 heterocycles. The van der Waals surface area contributed by atoms with Crippen molar-refractivity contribution in [1.82, 2.24) is 0 Å². The number of imide groups is 1. The lowest BCUT2D eigenvalue weighted by molar-refractivity contribution is -0.884. The Morgan fingerprint density at radius 2 is 1.69 bits per heavy atom. The van der Waals surface area contributed by atoms with Crippen LogP contribution >= 0.6 is 0 Å². The van der Waals surface area contributed by atoms with Crippen molar-refractivity contribution in [2.75, 3.05) is 4.90 Å². The van der Waals surface area contributed by atoms with Crippen LogP contribution in [0.3, 0.4) is 0 Å². The number of aryl methyl sites for hydroxylation is 2. The number of amides is 2. The summed E-state index contributed by atoms with van der Waals surface area (Å²) >= 11 is 0. The van der Waals surface area contributed by atoms with E-state index < -0.39 is 17.9 Å². The van der Waals surface area contributed by atoms with Crippen molar-refractivity contribution in [3.8, 4) is 0 Å². The van der Waals surface area contributed by atoms with E-state index in [2.05, 4.69) is 0 Å². The van der Waals surface area contributed by atoms with Crippen LogP contribution in [0.2, 0.25) is 0 Å². The number of ketones is 1. The molecule has 2 aromatic carbocycles. The van der Waals surface area contributed by atoms with Crippen LogP contribution in [0.4, 0.5) is 5.69 Å². The molecular formula is C24H23N2O3+. The Labute approximate surface area is 169 Å². The molecular weight excluding hydrogens is 364 g/mol. The third-order valence-corrected chi connectivity index (χ3v) is 6.81. The number of fused-ring (bicyclic) bond motifs is 5. The van der Waals surface area contributed by atoms with Gasteiger partial charge in [0.2, 0.25) is 11.8 Å². The van der Waals surface area contributed by atoms with E-state index in [0.29, 0.717) is 5.69 Å². The SMILES string of the molecule is CC(=O)[C@H]1[C@H]2C(=O)N(c3ccc(C)c(C)c3)C(=O)[C@H]2[C@@H]2c3ccccc3C=C[NH+]12. The molecule has 29 heavy (non-hydrogen) atoms. The van der Waals surface area contributed by atoms with Crippen LogP contribution < -0.4 is 9.80 Å². The van der Waals surface area contributed by atoms with Crippen molar-refractivity contribution in [1.29, 1.82) is 0 Å². The molecule has 5 atom stereocenters. The van der Waals surface area contributed by atoms with Gasteiger partial charge in [0.05, 0.1) is 11.9 Å². The molecule has 0 spiro atoms. The van der Waals surface area contributed by atoms with E-state index in [9.17, 15) is 14.4 Å². The molecule has 1 unspecified atom stereocenters.